The van der Waals surface area contributed by atoms with Crippen LogP contribution in [0.1, 0.15) is 5.56 Å². The van der Waals surface area contributed by atoms with Gasteiger partial charge in [-0.1, -0.05) is 15.9 Å². The van der Waals surface area contributed by atoms with Crippen molar-refractivity contribution in [1.29, 1.82) is 0 Å². The zero-order chi connectivity index (χ0) is 13.5. The summed E-state index contributed by atoms with van der Waals surface area (Å²) in [7, 11) is 1.73. The number of nitrogens with zero attached hydrogens (tertiary/aromatic N) is 1. The molecule has 106 valence electrons. The molecule has 1 aliphatic rings. The largest absolute Gasteiger partial charge is 0.383 e. The van der Waals surface area contributed by atoms with E-state index in [0.29, 0.717) is 0 Å². The van der Waals surface area contributed by atoms with Crippen molar-refractivity contribution in [2.24, 2.45) is 0 Å². The molecule has 0 amide bonds. The van der Waals surface area contributed by atoms with Gasteiger partial charge in [0.25, 0.3) is 0 Å². The maximum Gasteiger partial charge on any atom is 0.0587 e. The molecule has 5 heteroatoms. The summed E-state index contributed by atoms with van der Waals surface area (Å²) in [6.45, 7) is 4.83. The Kier molecular flexibility index (Phi) is 6.50. The molecule has 3 nitrogen and oxygen atoms in total. The van der Waals surface area contributed by atoms with Crippen molar-refractivity contribution in [3.05, 3.63) is 28.2 Å². The minimum Gasteiger partial charge on any atom is -0.383 e. The minimum absolute atomic E-state index is 0.754. The Morgan fingerprint density at radius 1 is 1.37 bits per heavy atom. The Hall–Kier alpha value is -0.230. The monoisotopic (exact) mass is 344 g/mol. The Balaban J connectivity index is 2.03. The average Bonchev–Trinajstić information content (AvgIpc) is 2.45. The van der Waals surface area contributed by atoms with E-state index < -0.39 is 0 Å². The molecule has 1 N–H and O–H groups in total. The lowest BCUT2D eigenvalue weighted by Gasteiger charge is -2.30. The van der Waals surface area contributed by atoms with E-state index in [9.17, 15) is 0 Å². The first-order chi connectivity index (χ1) is 9.31. The van der Waals surface area contributed by atoms with Crippen LogP contribution in [0, 0.1) is 0 Å². The van der Waals surface area contributed by atoms with Crippen molar-refractivity contribution in [3.63, 3.8) is 0 Å². The molecule has 0 aromatic heterocycles. The molecule has 0 aliphatic carbocycles. The number of thioether (sulfide) groups is 1. The zero-order valence-electron chi connectivity index (χ0n) is 11.3. The maximum atomic E-state index is 5.07. The summed E-state index contributed by atoms with van der Waals surface area (Å²) in [5.74, 6) is 2.46. The van der Waals surface area contributed by atoms with E-state index in [1.54, 1.807) is 7.11 Å². The molecule has 1 fully saturated rings. The van der Waals surface area contributed by atoms with Gasteiger partial charge in [0.2, 0.25) is 0 Å². The van der Waals surface area contributed by atoms with E-state index >= 15 is 0 Å². The fourth-order valence-corrected chi connectivity index (χ4v) is 3.52. The van der Waals surface area contributed by atoms with Crippen LogP contribution < -0.4 is 10.2 Å². The lowest BCUT2D eigenvalue weighted by molar-refractivity contribution is 0.199. The van der Waals surface area contributed by atoms with Gasteiger partial charge in [0.05, 0.1) is 6.61 Å². The SMILES string of the molecule is COCCNCc1cc(Br)ccc1N1CCSCC1. The zero-order valence-corrected chi connectivity index (χ0v) is 13.7. The molecule has 2 rings (SSSR count). The summed E-state index contributed by atoms with van der Waals surface area (Å²) in [5.41, 5.74) is 2.73. The number of benzene rings is 1. The van der Waals surface area contributed by atoms with Crippen LogP contribution in [0.3, 0.4) is 0 Å². The Bertz CT molecular complexity index is 397. The van der Waals surface area contributed by atoms with Crippen molar-refractivity contribution in [2.75, 3.05) is 49.8 Å². The van der Waals surface area contributed by atoms with Crippen LogP contribution in [-0.2, 0) is 11.3 Å². The second-order valence-corrected chi connectivity index (χ2v) is 6.68. The number of methoxy groups -OCH3 is 1. The third kappa shape index (κ3) is 4.67. The first-order valence-electron chi connectivity index (χ1n) is 6.62. The summed E-state index contributed by atoms with van der Waals surface area (Å²) in [5, 5.41) is 3.43. The number of hydrogen-bond acceptors (Lipinski definition) is 4. The summed E-state index contributed by atoms with van der Waals surface area (Å²) < 4.78 is 6.21. The van der Waals surface area contributed by atoms with Crippen LogP contribution in [0.2, 0.25) is 0 Å². The number of nitrogens with one attached hydrogen (secondary N) is 1. The molecule has 1 aliphatic heterocycles. The van der Waals surface area contributed by atoms with E-state index in [0.717, 1.165) is 37.3 Å². The van der Waals surface area contributed by atoms with Gasteiger partial charge in [-0.05, 0) is 23.8 Å². The van der Waals surface area contributed by atoms with E-state index in [4.69, 9.17) is 4.74 Å². The van der Waals surface area contributed by atoms with Crippen molar-refractivity contribution in [3.8, 4) is 0 Å². The Morgan fingerprint density at radius 3 is 2.89 bits per heavy atom. The van der Waals surface area contributed by atoms with Crippen LogP contribution in [0.4, 0.5) is 5.69 Å². The van der Waals surface area contributed by atoms with Crippen molar-refractivity contribution in [2.45, 2.75) is 6.54 Å². The van der Waals surface area contributed by atoms with Gasteiger partial charge >= 0.3 is 0 Å². The number of hydrogen-bond donors (Lipinski definition) is 1. The van der Waals surface area contributed by atoms with Gasteiger partial charge in [0.15, 0.2) is 0 Å². The Labute approximate surface area is 128 Å². The number of ether oxygens (including phenoxy) is 1. The number of halogens is 1. The Morgan fingerprint density at radius 2 is 2.16 bits per heavy atom. The highest BCUT2D eigenvalue weighted by atomic mass is 79.9. The predicted octanol–water partition coefficient (Wildman–Crippen LogP) is 2.74. The molecular weight excluding hydrogens is 324 g/mol. The van der Waals surface area contributed by atoms with E-state index in [1.165, 1.54) is 22.8 Å². The smallest absolute Gasteiger partial charge is 0.0587 e. The highest BCUT2D eigenvalue weighted by Gasteiger charge is 2.14. The number of rotatable bonds is 6. The molecule has 0 radical (unpaired) electrons. The van der Waals surface area contributed by atoms with Gasteiger partial charge in [-0.25, -0.2) is 0 Å². The second kappa shape index (κ2) is 8.15. The highest BCUT2D eigenvalue weighted by Crippen LogP contribution is 2.26. The van der Waals surface area contributed by atoms with E-state index in [1.807, 2.05) is 11.8 Å². The highest BCUT2D eigenvalue weighted by molar-refractivity contribution is 9.10. The topological polar surface area (TPSA) is 24.5 Å². The van der Waals surface area contributed by atoms with Gasteiger partial charge in [0, 0.05) is 55.0 Å². The van der Waals surface area contributed by atoms with E-state index in [-0.39, 0.29) is 0 Å². The summed E-state index contributed by atoms with van der Waals surface area (Å²) in [6.07, 6.45) is 0. The summed E-state index contributed by atoms with van der Waals surface area (Å²) in [4.78, 5) is 2.50. The third-order valence-corrected chi connectivity index (χ3v) is 4.63. The van der Waals surface area contributed by atoms with Crippen molar-refractivity contribution >= 4 is 33.4 Å². The minimum atomic E-state index is 0.754. The van der Waals surface area contributed by atoms with Gasteiger partial charge in [0.1, 0.15) is 0 Å². The van der Waals surface area contributed by atoms with Gasteiger partial charge < -0.3 is 15.0 Å². The van der Waals surface area contributed by atoms with Crippen LogP contribution in [0.5, 0.6) is 0 Å². The van der Waals surface area contributed by atoms with Crippen LogP contribution in [0.15, 0.2) is 22.7 Å². The van der Waals surface area contributed by atoms with Crippen LogP contribution in [-0.4, -0.2) is 44.9 Å². The quantitative estimate of drug-likeness (QED) is 0.802. The molecular formula is C14H21BrN2OS. The standard InChI is InChI=1S/C14H21BrN2OS/c1-18-7-4-16-11-12-10-13(15)2-3-14(12)17-5-8-19-9-6-17/h2-3,10,16H,4-9,11H2,1H3. The average molecular weight is 345 g/mol. The summed E-state index contributed by atoms with van der Waals surface area (Å²) >= 11 is 5.61. The maximum absolute atomic E-state index is 5.07. The third-order valence-electron chi connectivity index (χ3n) is 3.19. The van der Waals surface area contributed by atoms with Crippen molar-refractivity contribution < 1.29 is 4.74 Å². The predicted molar refractivity (Wildman–Crippen MR) is 87.3 cm³/mol. The number of anilines is 1. The second-order valence-electron chi connectivity index (χ2n) is 4.54. The first-order valence-corrected chi connectivity index (χ1v) is 8.57. The molecule has 19 heavy (non-hydrogen) atoms. The fraction of sp³-hybridized carbons (Fsp3) is 0.571. The molecule has 1 aromatic carbocycles. The molecule has 1 heterocycles. The molecule has 0 spiro atoms. The molecule has 0 atom stereocenters. The first kappa shape index (κ1) is 15.2. The van der Waals surface area contributed by atoms with E-state index in [2.05, 4.69) is 44.3 Å². The molecule has 0 unspecified atom stereocenters. The fourth-order valence-electron chi connectivity index (χ4n) is 2.21. The normalized spacial score (nSPS) is 15.8. The summed E-state index contributed by atoms with van der Waals surface area (Å²) in [6, 6.07) is 6.58. The van der Waals surface area contributed by atoms with Crippen LogP contribution >= 0.6 is 27.7 Å². The molecule has 0 bridgehead atoms. The van der Waals surface area contributed by atoms with Gasteiger partial charge in [-0.15, -0.1) is 0 Å². The van der Waals surface area contributed by atoms with Gasteiger partial charge in [-0.3, -0.25) is 0 Å². The van der Waals surface area contributed by atoms with Gasteiger partial charge in [-0.2, -0.15) is 11.8 Å². The lowest BCUT2D eigenvalue weighted by atomic mass is 10.1. The van der Waals surface area contributed by atoms with Crippen LogP contribution in [0.25, 0.3) is 0 Å². The molecule has 1 saturated heterocycles. The molecule has 1 aromatic rings. The lowest BCUT2D eigenvalue weighted by Crippen LogP contribution is -2.33. The molecule has 0 saturated carbocycles. The van der Waals surface area contributed by atoms with Crippen molar-refractivity contribution in [1.82, 2.24) is 5.32 Å².